The van der Waals surface area contributed by atoms with Crippen molar-refractivity contribution in [1.82, 2.24) is 4.90 Å². The summed E-state index contributed by atoms with van der Waals surface area (Å²) < 4.78 is 0. The van der Waals surface area contributed by atoms with E-state index in [2.05, 4.69) is 39.5 Å². The van der Waals surface area contributed by atoms with Crippen LogP contribution >= 0.6 is 0 Å². The van der Waals surface area contributed by atoms with Gasteiger partial charge in [0.05, 0.1) is 0 Å². The van der Waals surface area contributed by atoms with Gasteiger partial charge in [0, 0.05) is 18.1 Å². The summed E-state index contributed by atoms with van der Waals surface area (Å²) in [6.07, 6.45) is 7.33. The molecule has 1 nitrogen and oxygen atoms in total. The Kier molecular flexibility index (Phi) is 3.36. The van der Waals surface area contributed by atoms with Crippen LogP contribution in [0.4, 0.5) is 0 Å². The number of fused-ring (bicyclic) bond motifs is 1. The highest BCUT2D eigenvalue weighted by molar-refractivity contribution is 5.00. The second-order valence-electron chi connectivity index (χ2n) is 7.27. The predicted octanol–water partition coefficient (Wildman–Crippen LogP) is 4.07. The van der Waals surface area contributed by atoms with Gasteiger partial charge in [-0.2, -0.15) is 0 Å². The normalized spacial score (nSPS) is 36.8. The van der Waals surface area contributed by atoms with E-state index < -0.39 is 0 Å². The van der Waals surface area contributed by atoms with Crippen molar-refractivity contribution in [3.63, 3.8) is 0 Å². The lowest BCUT2D eigenvalue weighted by molar-refractivity contribution is 0.0639. The van der Waals surface area contributed by atoms with Crippen molar-refractivity contribution in [2.75, 3.05) is 0 Å². The van der Waals surface area contributed by atoms with E-state index in [1.807, 2.05) is 0 Å². The molecule has 3 atom stereocenters. The van der Waals surface area contributed by atoms with Crippen LogP contribution in [0.2, 0.25) is 0 Å². The van der Waals surface area contributed by atoms with Gasteiger partial charge in [-0.3, -0.25) is 4.90 Å². The van der Waals surface area contributed by atoms with Crippen molar-refractivity contribution < 1.29 is 0 Å². The molecule has 0 bridgehead atoms. The lowest BCUT2D eigenvalue weighted by atomic mass is 9.80. The lowest BCUT2D eigenvalue weighted by Crippen LogP contribution is -2.47. The van der Waals surface area contributed by atoms with E-state index in [0.717, 1.165) is 24.0 Å². The topological polar surface area (TPSA) is 3.24 Å². The third-order valence-corrected chi connectivity index (χ3v) is 4.73. The van der Waals surface area contributed by atoms with Crippen LogP contribution < -0.4 is 0 Å². The van der Waals surface area contributed by atoms with Crippen LogP contribution in [0.25, 0.3) is 0 Å². The minimum absolute atomic E-state index is 0.446. The van der Waals surface area contributed by atoms with Crippen LogP contribution in [-0.2, 0) is 0 Å². The molecule has 0 spiro atoms. The van der Waals surface area contributed by atoms with Gasteiger partial charge in [0.25, 0.3) is 0 Å². The summed E-state index contributed by atoms with van der Waals surface area (Å²) >= 11 is 0. The Labute approximate surface area is 102 Å². The molecule has 0 aromatic heterocycles. The third kappa shape index (κ3) is 2.16. The average molecular weight is 223 g/mol. The zero-order valence-electron chi connectivity index (χ0n) is 11.8. The van der Waals surface area contributed by atoms with E-state index in [1.165, 1.54) is 32.1 Å². The molecule has 0 unspecified atom stereocenters. The Morgan fingerprint density at radius 1 is 1.06 bits per heavy atom. The van der Waals surface area contributed by atoms with Crippen molar-refractivity contribution in [1.29, 1.82) is 0 Å². The number of rotatable bonds is 1. The maximum atomic E-state index is 2.85. The van der Waals surface area contributed by atoms with Gasteiger partial charge in [-0.05, 0) is 44.4 Å². The summed E-state index contributed by atoms with van der Waals surface area (Å²) in [6.45, 7) is 12.0. The first kappa shape index (κ1) is 12.4. The molecule has 1 aliphatic carbocycles. The minimum Gasteiger partial charge on any atom is -0.294 e. The predicted molar refractivity (Wildman–Crippen MR) is 70.6 cm³/mol. The van der Waals surface area contributed by atoms with Gasteiger partial charge >= 0.3 is 0 Å². The standard InChI is InChI=1S/C15H29N/c1-11(2)16-13-9-7-6-8-12(13)10-14(16)15(3,4)5/h11-14H,6-10H2,1-5H3/t12-,13-,14-/m0/s1. The molecule has 0 aromatic carbocycles. The molecule has 1 heteroatoms. The van der Waals surface area contributed by atoms with Gasteiger partial charge in [0.2, 0.25) is 0 Å². The smallest absolute Gasteiger partial charge is 0.0153 e. The van der Waals surface area contributed by atoms with Crippen LogP contribution in [0.1, 0.15) is 66.7 Å². The summed E-state index contributed by atoms with van der Waals surface area (Å²) in [5, 5.41) is 0. The van der Waals surface area contributed by atoms with Crippen molar-refractivity contribution in [3.8, 4) is 0 Å². The van der Waals surface area contributed by atoms with E-state index in [-0.39, 0.29) is 0 Å². The fourth-order valence-corrected chi connectivity index (χ4v) is 4.04. The van der Waals surface area contributed by atoms with E-state index in [0.29, 0.717) is 5.41 Å². The first-order valence-electron chi connectivity index (χ1n) is 7.18. The van der Waals surface area contributed by atoms with Gasteiger partial charge in [-0.25, -0.2) is 0 Å². The molecule has 0 aromatic rings. The summed E-state index contributed by atoms with van der Waals surface area (Å²) in [6, 6.07) is 2.43. The summed E-state index contributed by atoms with van der Waals surface area (Å²) in [7, 11) is 0. The molecule has 1 saturated heterocycles. The molecule has 1 saturated carbocycles. The van der Waals surface area contributed by atoms with Gasteiger partial charge in [-0.1, -0.05) is 33.6 Å². The highest BCUT2D eigenvalue weighted by Crippen LogP contribution is 2.45. The number of hydrogen-bond acceptors (Lipinski definition) is 1. The monoisotopic (exact) mass is 223 g/mol. The molecule has 0 N–H and O–H groups in total. The summed E-state index contributed by atoms with van der Waals surface area (Å²) in [4.78, 5) is 2.85. The molecule has 1 aliphatic heterocycles. The van der Waals surface area contributed by atoms with Gasteiger partial charge < -0.3 is 0 Å². The number of likely N-dealkylation sites (tertiary alicyclic amines) is 1. The molecular formula is C15H29N. The summed E-state index contributed by atoms with van der Waals surface area (Å²) in [5.74, 6) is 1.00. The highest BCUT2D eigenvalue weighted by atomic mass is 15.2. The average Bonchev–Trinajstić information content (AvgIpc) is 2.55. The molecular weight excluding hydrogens is 194 g/mol. The zero-order chi connectivity index (χ0) is 11.9. The van der Waals surface area contributed by atoms with Crippen molar-refractivity contribution in [3.05, 3.63) is 0 Å². The van der Waals surface area contributed by atoms with Crippen LogP contribution in [-0.4, -0.2) is 23.0 Å². The Balaban J connectivity index is 2.20. The van der Waals surface area contributed by atoms with Crippen LogP contribution in [0.3, 0.4) is 0 Å². The van der Waals surface area contributed by atoms with Crippen LogP contribution in [0, 0.1) is 11.3 Å². The van der Waals surface area contributed by atoms with Crippen molar-refractivity contribution in [2.24, 2.45) is 11.3 Å². The van der Waals surface area contributed by atoms with Crippen LogP contribution in [0.15, 0.2) is 0 Å². The summed E-state index contributed by atoms with van der Waals surface area (Å²) in [5.41, 5.74) is 0.446. The van der Waals surface area contributed by atoms with Gasteiger partial charge in [0.15, 0.2) is 0 Å². The van der Waals surface area contributed by atoms with E-state index in [9.17, 15) is 0 Å². The van der Waals surface area contributed by atoms with Crippen molar-refractivity contribution in [2.45, 2.75) is 84.8 Å². The molecule has 2 aliphatic rings. The van der Waals surface area contributed by atoms with Crippen LogP contribution in [0.5, 0.6) is 0 Å². The van der Waals surface area contributed by atoms with E-state index >= 15 is 0 Å². The Bertz CT molecular complexity index is 238. The zero-order valence-corrected chi connectivity index (χ0v) is 11.8. The first-order valence-corrected chi connectivity index (χ1v) is 7.18. The van der Waals surface area contributed by atoms with E-state index in [1.54, 1.807) is 0 Å². The minimum atomic E-state index is 0.446. The Morgan fingerprint density at radius 3 is 2.25 bits per heavy atom. The maximum absolute atomic E-state index is 2.85. The fourth-order valence-electron chi connectivity index (χ4n) is 4.04. The van der Waals surface area contributed by atoms with Gasteiger partial charge in [0.1, 0.15) is 0 Å². The fraction of sp³-hybridized carbons (Fsp3) is 1.00. The molecule has 0 amide bonds. The molecule has 2 rings (SSSR count). The Morgan fingerprint density at radius 2 is 1.69 bits per heavy atom. The highest BCUT2D eigenvalue weighted by Gasteiger charge is 2.46. The quantitative estimate of drug-likeness (QED) is 0.647. The van der Waals surface area contributed by atoms with E-state index in [4.69, 9.17) is 0 Å². The first-order chi connectivity index (χ1) is 7.41. The molecule has 94 valence electrons. The van der Waals surface area contributed by atoms with Crippen molar-refractivity contribution >= 4 is 0 Å². The molecule has 16 heavy (non-hydrogen) atoms. The molecule has 1 heterocycles. The Hall–Kier alpha value is -0.0400. The van der Waals surface area contributed by atoms with Gasteiger partial charge in [-0.15, -0.1) is 0 Å². The second kappa shape index (κ2) is 4.33. The SMILES string of the molecule is CC(C)N1[C@H](C(C)(C)C)C[C@@H]2CCCC[C@@H]21. The molecule has 2 fully saturated rings. The number of nitrogens with zero attached hydrogens (tertiary/aromatic N) is 1. The molecule has 0 radical (unpaired) electrons. The number of hydrogen-bond donors (Lipinski definition) is 0. The maximum Gasteiger partial charge on any atom is 0.0153 e. The third-order valence-electron chi connectivity index (χ3n) is 4.73. The second-order valence-corrected chi connectivity index (χ2v) is 7.27. The largest absolute Gasteiger partial charge is 0.294 e. The lowest BCUT2D eigenvalue weighted by Gasteiger charge is -2.41.